The second kappa shape index (κ2) is 7.38. The number of hydrogen-bond acceptors (Lipinski definition) is 4. The van der Waals surface area contributed by atoms with Gasteiger partial charge in [0.1, 0.15) is 5.75 Å². The molecule has 0 fully saturated rings. The van der Waals surface area contributed by atoms with Gasteiger partial charge < -0.3 is 20.9 Å². The molecule has 0 bridgehead atoms. The van der Waals surface area contributed by atoms with Crippen molar-refractivity contribution >= 4 is 11.8 Å². The fourth-order valence-electron chi connectivity index (χ4n) is 1.41. The van der Waals surface area contributed by atoms with E-state index in [2.05, 4.69) is 5.32 Å². The molecular formula is C13H18N2O4. The van der Waals surface area contributed by atoms with Crippen LogP contribution in [0.25, 0.3) is 0 Å². The van der Waals surface area contributed by atoms with Gasteiger partial charge in [0.05, 0.1) is 11.7 Å². The topological polar surface area (TPSA) is 102 Å². The third-order valence-electron chi connectivity index (χ3n) is 2.40. The quantitative estimate of drug-likeness (QED) is 0.649. The molecule has 104 valence electrons. The molecule has 1 aromatic rings. The van der Waals surface area contributed by atoms with Gasteiger partial charge in [0, 0.05) is 6.54 Å². The lowest BCUT2D eigenvalue weighted by molar-refractivity contribution is -0.123. The minimum absolute atomic E-state index is 0.204. The van der Waals surface area contributed by atoms with Crippen molar-refractivity contribution in [2.75, 3.05) is 13.2 Å². The minimum Gasteiger partial charge on any atom is -0.483 e. The second-order valence-electron chi connectivity index (χ2n) is 4.14. The SMILES string of the molecule is CC(O)CCNC(=O)COc1ccccc1C(N)=O. The summed E-state index contributed by atoms with van der Waals surface area (Å²) in [5.74, 6) is -0.647. The van der Waals surface area contributed by atoms with Gasteiger partial charge in [-0.15, -0.1) is 0 Å². The molecule has 1 atom stereocenters. The smallest absolute Gasteiger partial charge is 0.257 e. The van der Waals surface area contributed by atoms with Crippen LogP contribution in [0.5, 0.6) is 5.75 Å². The fraction of sp³-hybridized carbons (Fsp3) is 0.385. The average Bonchev–Trinajstić information content (AvgIpc) is 2.36. The van der Waals surface area contributed by atoms with Crippen LogP contribution in [0.2, 0.25) is 0 Å². The third kappa shape index (κ3) is 5.39. The Morgan fingerprint density at radius 2 is 2.11 bits per heavy atom. The Bertz CT molecular complexity index is 446. The number of benzene rings is 1. The molecule has 0 aliphatic rings. The predicted molar refractivity (Wildman–Crippen MR) is 69.8 cm³/mol. The van der Waals surface area contributed by atoms with Gasteiger partial charge in [-0.25, -0.2) is 0 Å². The first-order valence-corrected chi connectivity index (χ1v) is 5.97. The maximum absolute atomic E-state index is 11.4. The summed E-state index contributed by atoms with van der Waals surface area (Å²) in [7, 11) is 0. The molecule has 6 nitrogen and oxygen atoms in total. The number of ether oxygens (including phenoxy) is 1. The number of hydrogen-bond donors (Lipinski definition) is 3. The van der Waals surface area contributed by atoms with E-state index in [0.717, 1.165) is 0 Å². The van der Waals surface area contributed by atoms with Crippen LogP contribution in [0, 0.1) is 0 Å². The van der Waals surface area contributed by atoms with Gasteiger partial charge in [-0.2, -0.15) is 0 Å². The zero-order valence-electron chi connectivity index (χ0n) is 10.8. The molecule has 4 N–H and O–H groups in total. The first kappa shape index (κ1) is 15.0. The number of rotatable bonds is 7. The van der Waals surface area contributed by atoms with Crippen molar-refractivity contribution < 1.29 is 19.4 Å². The third-order valence-corrected chi connectivity index (χ3v) is 2.40. The number of amides is 2. The molecule has 1 unspecified atom stereocenters. The minimum atomic E-state index is -0.606. The molecule has 0 aliphatic heterocycles. The average molecular weight is 266 g/mol. The number of para-hydroxylation sites is 1. The summed E-state index contributed by atoms with van der Waals surface area (Å²) in [6.07, 6.45) is 0.0145. The zero-order valence-corrected chi connectivity index (χ0v) is 10.8. The largest absolute Gasteiger partial charge is 0.483 e. The maximum Gasteiger partial charge on any atom is 0.257 e. The number of carbonyl (C=O) groups is 2. The maximum atomic E-state index is 11.4. The molecule has 19 heavy (non-hydrogen) atoms. The van der Waals surface area contributed by atoms with E-state index in [1.807, 2.05) is 0 Å². The van der Waals surface area contributed by atoms with Crippen LogP contribution >= 0.6 is 0 Å². The highest BCUT2D eigenvalue weighted by atomic mass is 16.5. The van der Waals surface area contributed by atoms with Crippen LogP contribution in [0.1, 0.15) is 23.7 Å². The van der Waals surface area contributed by atoms with Crippen LogP contribution in [0.15, 0.2) is 24.3 Å². The molecule has 1 rings (SSSR count). The van der Waals surface area contributed by atoms with Crippen LogP contribution in [0.4, 0.5) is 0 Å². The monoisotopic (exact) mass is 266 g/mol. The zero-order chi connectivity index (χ0) is 14.3. The van der Waals surface area contributed by atoms with Gasteiger partial charge in [0.2, 0.25) is 0 Å². The highest BCUT2D eigenvalue weighted by Gasteiger charge is 2.10. The van der Waals surface area contributed by atoms with E-state index >= 15 is 0 Å². The lowest BCUT2D eigenvalue weighted by Gasteiger charge is -2.10. The van der Waals surface area contributed by atoms with E-state index in [4.69, 9.17) is 15.6 Å². The van der Waals surface area contributed by atoms with Gasteiger partial charge in [-0.3, -0.25) is 9.59 Å². The summed E-state index contributed by atoms with van der Waals surface area (Å²) in [6, 6.07) is 6.45. The van der Waals surface area contributed by atoms with Crippen LogP contribution in [-0.4, -0.2) is 36.2 Å². The molecule has 0 saturated heterocycles. The molecule has 1 aromatic carbocycles. The van der Waals surface area contributed by atoms with Gasteiger partial charge in [-0.1, -0.05) is 12.1 Å². The van der Waals surface area contributed by atoms with Crippen molar-refractivity contribution in [1.29, 1.82) is 0 Å². The molecule has 0 heterocycles. The molecule has 0 radical (unpaired) electrons. The molecule has 0 aliphatic carbocycles. The number of carbonyl (C=O) groups excluding carboxylic acids is 2. The first-order chi connectivity index (χ1) is 9.00. The summed E-state index contributed by atoms with van der Waals surface area (Å²) in [6.45, 7) is 1.81. The highest BCUT2D eigenvalue weighted by molar-refractivity contribution is 5.95. The summed E-state index contributed by atoms with van der Waals surface area (Å²) in [5, 5.41) is 11.6. The summed E-state index contributed by atoms with van der Waals surface area (Å²) >= 11 is 0. The lowest BCUT2D eigenvalue weighted by Crippen LogP contribution is -2.31. The standard InChI is InChI=1S/C13H18N2O4/c1-9(16)6-7-15-12(17)8-19-11-5-3-2-4-10(11)13(14)18/h2-5,9,16H,6-8H2,1H3,(H2,14,18)(H,15,17). The van der Waals surface area contributed by atoms with Crippen molar-refractivity contribution in [3.63, 3.8) is 0 Å². The van der Waals surface area contributed by atoms with Gasteiger partial charge in [0.15, 0.2) is 6.61 Å². The van der Waals surface area contributed by atoms with E-state index in [1.54, 1.807) is 25.1 Å². The number of aliphatic hydroxyl groups excluding tert-OH is 1. The highest BCUT2D eigenvalue weighted by Crippen LogP contribution is 2.16. The second-order valence-corrected chi connectivity index (χ2v) is 4.14. The Morgan fingerprint density at radius 3 is 2.74 bits per heavy atom. The van der Waals surface area contributed by atoms with Crippen LogP contribution in [-0.2, 0) is 4.79 Å². The molecule has 0 saturated carbocycles. The van der Waals surface area contributed by atoms with Crippen molar-refractivity contribution in [1.82, 2.24) is 5.32 Å². The number of nitrogens with two attached hydrogens (primary N) is 1. The molecule has 0 spiro atoms. The van der Waals surface area contributed by atoms with E-state index in [-0.39, 0.29) is 23.8 Å². The Balaban J connectivity index is 2.44. The van der Waals surface area contributed by atoms with E-state index < -0.39 is 12.0 Å². The fourth-order valence-corrected chi connectivity index (χ4v) is 1.41. The molecular weight excluding hydrogens is 248 g/mol. The Hall–Kier alpha value is -2.08. The predicted octanol–water partition coefficient (Wildman–Crippen LogP) is 0.0514. The van der Waals surface area contributed by atoms with Crippen LogP contribution in [0.3, 0.4) is 0 Å². The Kier molecular flexibility index (Phi) is 5.81. The number of aliphatic hydroxyl groups is 1. The van der Waals surface area contributed by atoms with Gasteiger partial charge in [0.25, 0.3) is 11.8 Å². The van der Waals surface area contributed by atoms with Crippen LogP contribution < -0.4 is 15.8 Å². The van der Waals surface area contributed by atoms with Crippen molar-refractivity contribution in [2.24, 2.45) is 5.73 Å². The van der Waals surface area contributed by atoms with Gasteiger partial charge in [-0.05, 0) is 25.5 Å². The molecule has 6 heteroatoms. The number of nitrogens with one attached hydrogen (secondary N) is 1. The van der Waals surface area contributed by atoms with Crippen molar-refractivity contribution in [3.8, 4) is 5.75 Å². The first-order valence-electron chi connectivity index (χ1n) is 5.97. The van der Waals surface area contributed by atoms with Crippen molar-refractivity contribution in [3.05, 3.63) is 29.8 Å². The Morgan fingerprint density at radius 1 is 1.42 bits per heavy atom. The number of primary amides is 1. The van der Waals surface area contributed by atoms with Crippen molar-refractivity contribution in [2.45, 2.75) is 19.4 Å². The van der Waals surface area contributed by atoms with E-state index in [1.165, 1.54) is 6.07 Å². The van der Waals surface area contributed by atoms with E-state index in [0.29, 0.717) is 13.0 Å². The Labute approximate surface area is 111 Å². The molecule has 0 aromatic heterocycles. The van der Waals surface area contributed by atoms with Gasteiger partial charge >= 0.3 is 0 Å². The summed E-state index contributed by atoms with van der Waals surface area (Å²) in [4.78, 5) is 22.6. The normalized spacial score (nSPS) is 11.7. The lowest BCUT2D eigenvalue weighted by atomic mass is 10.2. The summed E-state index contributed by atoms with van der Waals surface area (Å²) in [5.41, 5.74) is 5.42. The molecule has 2 amide bonds. The summed E-state index contributed by atoms with van der Waals surface area (Å²) < 4.78 is 5.24. The van der Waals surface area contributed by atoms with E-state index in [9.17, 15) is 9.59 Å².